The Bertz CT molecular complexity index is 3060. The van der Waals surface area contributed by atoms with E-state index in [1.54, 1.807) is 14.0 Å². The standard InChI is InChI=1S/C19H20ClF3N6O4S.C14H13ClF3N3O3.C5H9N3O2S/c1-11-13(9-28(4)25-11)34(31,32)27-17(30)12-5-6-14(24-16(12)20)29-8-7-15(26-29)33-10-18(2,3)19(21,22)23;1-13(2,14(16,17)18)7-24-10-5-6-21(20-10)9-4-3-8(12(22)23)11(15)19-9;1-4-5(11(6,9)10)3-8(2)7-4/h5-9H,10H2,1-4H3,(H,27,30);3-6H,7H2,1-2H3,(H,22,23);3H,1-2H3,(H2,6,9,10). The number of sulfonamides is 2. The molecule has 0 aromatic carbocycles. The van der Waals surface area contributed by atoms with E-state index < -0.39 is 68.3 Å². The molecule has 376 valence electrons. The molecule has 0 atom stereocenters. The van der Waals surface area contributed by atoms with Gasteiger partial charge in [-0.05, 0) is 65.8 Å². The second-order valence-corrected chi connectivity index (χ2v) is 19.7. The van der Waals surface area contributed by atoms with Crippen molar-refractivity contribution < 1.29 is 67.3 Å². The van der Waals surface area contributed by atoms with Gasteiger partial charge in [0.05, 0.1) is 33.3 Å². The van der Waals surface area contributed by atoms with Crippen LogP contribution in [0, 0.1) is 24.7 Å². The summed E-state index contributed by atoms with van der Waals surface area (Å²) in [6, 6.07) is 7.89. The molecule has 31 heteroatoms. The molecule has 21 nitrogen and oxygen atoms in total. The van der Waals surface area contributed by atoms with Gasteiger partial charge in [0.1, 0.15) is 33.3 Å². The van der Waals surface area contributed by atoms with E-state index in [9.17, 15) is 52.8 Å². The van der Waals surface area contributed by atoms with E-state index in [1.807, 2.05) is 4.72 Å². The minimum absolute atomic E-state index is 0.0208. The minimum atomic E-state index is -4.45. The number of hydrogen-bond donors (Lipinski definition) is 3. The van der Waals surface area contributed by atoms with E-state index in [4.69, 9.17) is 42.9 Å². The molecule has 0 fully saturated rings. The van der Waals surface area contributed by atoms with Crippen LogP contribution in [0.4, 0.5) is 26.3 Å². The van der Waals surface area contributed by atoms with Gasteiger partial charge < -0.3 is 14.6 Å². The van der Waals surface area contributed by atoms with E-state index in [0.717, 1.165) is 27.7 Å². The van der Waals surface area contributed by atoms with Crippen molar-refractivity contribution in [2.45, 2.75) is 63.7 Å². The number of pyridine rings is 2. The van der Waals surface area contributed by atoms with Crippen LogP contribution in [-0.2, 0) is 34.1 Å². The number of aryl methyl sites for hydroxylation is 4. The lowest BCUT2D eigenvalue weighted by Crippen LogP contribution is -2.37. The molecule has 0 saturated heterocycles. The Hall–Kier alpha value is -6.30. The van der Waals surface area contributed by atoms with Gasteiger partial charge in [0, 0.05) is 51.0 Å². The summed E-state index contributed by atoms with van der Waals surface area (Å²) in [4.78, 5) is 31.2. The van der Waals surface area contributed by atoms with Crippen molar-refractivity contribution in [1.29, 1.82) is 0 Å². The normalized spacial score (nSPS) is 12.4. The molecule has 6 aromatic rings. The molecule has 6 rings (SSSR count). The molecule has 0 spiro atoms. The smallest absolute Gasteiger partial charge is 0.397 e. The highest BCUT2D eigenvalue weighted by Crippen LogP contribution is 2.38. The molecule has 0 aliphatic heterocycles. The summed E-state index contributed by atoms with van der Waals surface area (Å²) in [5.41, 5.74) is -3.86. The molecular formula is C38H42Cl2F6N12O9S2. The van der Waals surface area contributed by atoms with E-state index in [1.165, 1.54) is 93.9 Å². The topological polar surface area (TPSA) is 276 Å². The molecule has 6 heterocycles. The number of nitrogens with zero attached hydrogens (tertiary/aromatic N) is 10. The second-order valence-electron chi connectivity index (χ2n) is 15.8. The highest BCUT2D eigenvalue weighted by molar-refractivity contribution is 7.90. The van der Waals surface area contributed by atoms with Crippen LogP contribution in [-0.4, -0.2) is 108 Å². The van der Waals surface area contributed by atoms with E-state index in [2.05, 4.69) is 30.4 Å². The molecule has 4 N–H and O–H groups in total. The quantitative estimate of drug-likeness (QED) is 0.0882. The Labute approximate surface area is 399 Å². The highest BCUT2D eigenvalue weighted by atomic mass is 35.5. The fourth-order valence-electron chi connectivity index (χ4n) is 5.06. The van der Waals surface area contributed by atoms with Crippen LogP contribution in [0.2, 0.25) is 10.3 Å². The van der Waals surface area contributed by atoms with Crippen molar-refractivity contribution in [2.24, 2.45) is 30.1 Å². The van der Waals surface area contributed by atoms with Crippen LogP contribution in [0.25, 0.3) is 11.6 Å². The Morgan fingerprint density at radius 3 is 1.39 bits per heavy atom. The van der Waals surface area contributed by atoms with Gasteiger partial charge in [0.25, 0.3) is 15.9 Å². The molecule has 6 aromatic heterocycles. The number of rotatable bonds is 13. The Balaban J connectivity index is 0.000000255. The molecule has 69 heavy (non-hydrogen) atoms. The van der Waals surface area contributed by atoms with Gasteiger partial charge in [-0.15, -0.1) is 10.2 Å². The number of alkyl halides is 6. The molecule has 0 bridgehead atoms. The monoisotopic (exact) mass is 1060 g/mol. The molecule has 1 amide bonds. The van der Waals surface area contributed by atoms with Crippen molar-refractivity contribution in [2.75, 3.05) is 13.2 Å². The lowest BCUT2D eigenvalue weighted by Gasteiger charge is -2.26. The number of carbonyl (C=O) groups excluding carboxylic acids is 1. The number of aromatic carboxylic acids is 1. The van der Waals surface area contributed by atoms with E-state index in [0.29, 0.717) is 5.69 Å². The number of ether oxygens (including phenoxy) is 2. The zero-order valence-electron chi connectivity index (χ0n) is 37.3. The summed E-state index contributed by atoms with van der Waals surface area (Å²) < 4.78 is 141. The number of amides is 1. The number of carbonyl (C=O) groups is 2. The SMILES string of the molecule is CC(C)(COc1ccn(-c2ccc(C(=O)O)c(Cl)n2)n1)C(F)(F)F.Cc1nn(C)cc1S(=O)(=O)NC(=O)c1ccc(-n2ccc(OCC(C)(C)C(F)(F)F)n2)nc1Cl.Cc1nn(C)cc1S(N)(=O)=O. The number of carboxylic acids is 1. The van der Waals surface area contributed by atoms with Crippen molar-refractivity contribution in [1.82, 2.24) is 53.8 Å². The van der Waals surface area contributed by atoms with Crippen molar-refractivity contribution in [3.8, 4) is 23.4 Å². The minimum Gasteiger partial charge on any atom is -0.478 e. The predicted octanol–water partition coefficient (Wildman–Crippen LogP) is 6.01. The first kappa shape index (κ1) is 55.3. The first-order valence-corrected chi connectivity index (χ1v) is 23.0. The molecule has 0 aliphatic rings. The largest absolute Gasteiger partial charge is 0.478 e. The van der Waals surface area contributed by atoms with E-state index >= 15 is 0 Å². The Kier molecular flexibility index (Phi) is 16.6. The summed E-state index contributed by atoms with van der Waals surface area (Å²) in [7, 11) is -4.62. The summed E-state index contributed by atoms with van der Waals surface area (Å²) in [5, 5.41) is 28.9. The van der Waals surface area contributed by atoms with Gasteiger partial charge in [-0.1, -0.05) is 23.2 Å². The van der Waals surface area contributed by atoms with Crippen LogP contribution in [0.3, 0.4) is 0 Å². The number of aromatic nitrogens is 10. The number of hydrogen-bond acceptors (Lipinski definition) is 14. The summed E-state index contributed by atoms with van der Waals surface area (Å²) >= 11 is 11.8. The lowest BCUT2D eigenvalue weighted by molar-refractivity contribution is -0.220. The second kappa shape index (κ2) is 20.7. The average molecular weight is 1060 g/mol. The first-order valence-electron chi connectivity index (χ1n) is 19.2. The number of nitrogens with one attached hydrogen (secondary N) is 1. The van der Waals surface area contributed by atoms with Crippen molar-refractivity contribution in [3.63, 3.8) is 0 Å². The number of halogens is 8. The Morgan fingerprint density at radius 2 is 1.07 bits per heavy atom. The number of nitrogens with two attached hydrogens (primary N) is 1. The summed E-state index contributed by atoms with van der Waals surface area (Å²) in [6.45, 7) is 5.89. The molecule has 0 saturated carbocycles. The van der Waals surface area contributed by atoms with Gasteiger partial charge in [-0.2, -0.15) is 36.5 Å². The van der Waals surface area contributed by atoms with Gasteiger partial charge in [-0.3, -0.25) is 14.2 Å². The fraction of sp³-hybridized carbons (Fsp3) is 0.368. The van der Waals surface area contributed by atoms with Crippen LogP contribution < -0.4 is 19.3 Å². The van der Waals surface area contributed by atoms with Gasteiger partial charge in [0.15, 0.2) is 11.6 Å². The third-order valence-corrected chi connectivity index (χ3v) is 12.2. The maximum absolute atomic E-state index is 13.0. The van der Waals surface area contributed by atoms with Crippen molar-refractivity contribution >= 4 is 55.1 Å². The molecule has 0 aliphatic carbocycles. The predicted molar refractivity (Wildman–Crippen MR) is 232 cm³/mol. The summed E-state index contributed by atoms with van der Waals surface area (Å²) in [5.74, 6) is -2.00. The Morgan fingerprint density at radius 1 is 0.681 bits per heavy atom. The highest BCUT2D eigenvalue weighted by Gasteiger charge is 2.49. The zero-order valence-corrected chi connectivity index (χ0v) is 40.4. The van der Waals surface area contributed by atoms with Crippen LogP contribution >= 0.6 is 23.2 Å². The molecule has 0 radical (unpaired) electrons. The van der Waals surface area contributed by atoms with Crippen molar-refractivity contribution in [3.05, 3.63) is 94.0 Å². The maximum Gasteiger partial charge on any atom is 0.397 e. The summed E-state index contributed by atoms with van der Waals surface area (Å²) in [6.07, 6.45) is -3.44. The zero-order chi connectivity index (χ0) is 52.2. The van der Waals surface area contributed by atoms with Crippen LogP contribution in [0.15, 0.2) is 71.0 Å². The molecular weight excluding hydrogens is 1020 g/mol. The number of carboxylic acid groups (broad SMARTS) is 1. The van der Waals surface area contributed by atoms with Gasteiger partial charge in [0.2, 0.25) is 21.8 Å². The third-order valence-electron chi connectivity index (χ3n) is 9.20. The van der Waals surface area contributed by atoms with Crippen LogP contribution in [0.5, 0.6) is 11.8 Å². The maximum atomic E-state index is 13.0. The fourth-order valence-corrected chi connectivity index (χ4v) is 7.46. The first-order chi connectivity index (χ1) is 31.5. The average Bonchev–Trinajstić information content (AvgIpc) is 4.02. The van der Waals surface area contributed by atoms with Gasteiger partial charge in [-0.25, -0.2) is 50.8 Å². The van der Waals surface area contributed by atoms with Crippen LogP contribution in [0.1, 0.15) is 59.8 Å². The molecule has 0 unspecified atom stereocenters. The lowest BCUT2D eigenvalue weighted by atomic mass is 9.94. The van der Waals surface area contributed by atoms with Gasteiger partial charge >= 0.3 is 18.3 Å². The van der Waals surface area contributed by atoms with E-state index in [-0.39, 0.29) is 60.3 Å². The third kappa shape index (κ3) is 14.1. The number of primary sulfonamides is 1.